The van der Waals surface area contributed by atoms with Gasteiger partial charge >= 0.3 is 0 Å². The average molecular weight is 265 g/mol. The molecule has 2 fully saturated rings. The van der Waals surface area contributed by atoms with Crippen molar-refractivity contribution < 1.29 is 4.79 Å². The van der Waals surface area contributed by atoms with Gasteiger partial charge in [-0.1, -0.05) is 49.2 Å². The van der Waals surface area contributed by atoms with Crippen LogP contribution >= 0.6 is 0 Å². The summed E-state index contributed by atoms with van der Waals surface area (Å²) in [4.78, 5) is 12.5. The van der Waals surface area contributed by atoms with Crippen molar-refractivity contribution in [3.63, 3.8) is 0 Å². The first kappa shape index (κ1) is 12.0. The van der Waals surface area contributed by atoms with Crippen LogP contribution in [-0.4, -0.2) is 5.91 Å². The monoisotopic (exact) mass is 265 g/mol. The minimum Gasteiger partial charge on any atom is -0.325 e. The molecule has 2 aliphatic rings. The number of carbonyl (C=O) groups is 1. The van der Waals surface area contributed by atoms with Crippen LogP contribution in [0.4, 0.5) is 5.69 Å². The summed E-state index contributed by atoms with van der Waals surface area (Å²) in [7, 11) is 0. The van der Waals surface area contributed by atoms with E-state index in [-0.39, 0.29) is 11.8 Å². The first-order valence-corrected chi connectivity index (χ1v) is 7.63. The maximum Gasteiger partial charge on any atom is 0.228 e. The highest BCUT2D eigenvalue weighted by Gasteiger charge is 2.54. The Balaban J connectivity index is 1.57. The van der Waals surface area contributed by atoms with Gasteiger partial charge < -0.3 is 5.32 Å². The fourth-order valence-electron chi connectivity index (χ4n) is 3.93. The summed E-state index contributed by atoms with van der Waals surface area (Å²) in [5.74, 6) is 1.84. The molecule has 2 saturated carbocycles. The van der Waals surface area contributed by atoms with E-state index in [9.17, 15) is 4.79 Å². The Bertz CT molecular complexity index is 646. The molecule has 1 amide bonds. The van der Waals surface area contributed by atoms with Gasteiger partial charge in [-0.05, 0) is 36.1 Å². The molecule has 4 rings (SSSR count). The largest absolute Gasteiger partial charge is 0.325 e. The Kier molecular flexibility index (Phi) is 2.76. The van der Waals surface area contributed by atoms with Crippen LogP contribution in [0.1, 0.15) is 25.7 Å². The SMILES string of the molecule is O=C(Nc1cccc2ccccc12)C1[C@H]2CCCC[C@H]12. The number of hydrogen-bond donors (Lipinski definition) is 1. The van der Waals surface area contributed by atoms with Gasteiger partial charge in [-0.3, -0.25) is 4.79 Å². The van der Waals surface area contributed by atoms with Crippen molar-refractivity contribution in [1.29, 1.82) is 0 Å². The van der Waals surface area contributed by atoms with Crippen molar-refractivity contribution in [3.8, 4) is 0 Å². The van der Waals surface area contributed by atoms with Gasteiger partial charge in [0.15, 0.2) is 0 Å². The summed E-state index contributed by atoms with van der Waals surface area (Å²) in [5, 5.41) is 5.47. The van der Waals surface area contributed by atoms with Crippen molar-refractivity contribution in [2.24, 2.45) is 17.8 Å². The number of fused-ring (bicyclic) bond motifs is 2. The Hall–Kier alpha value is -1.83. The molecule has 0 aliphatic heterocycles. The highest BCUT2D eigenvalue weighted by Crippen LogP contribution is 2.55. The van der Waals surface area contributed by atoms with Crippen LogP contribution in [0.25, 0.3) is 10.8 Å². The van der Waals surface area contributed by atoms with Crippen LogP contribution in [0.3, 0.4) is 0 Å². The van der Waals surface area contributed by atoms with E-state index in [0.717, 1.165) is 11.1 Å². The molecule has 2 heteroatoms. The maximum absolute atomic E-state index is 12.5. The average Bonchev–Trinajstić information content (AvgIpc) is 3.22. The predicted molar refractivity (Wildman–Crippen MR) is 81.5 cm³/mol. The molecular weight excluding hydrogens is 246 g/mol. The molecule has 0 radical (unpaired) electrons. The predicted octanol–water partition coefficient (Wildman–Crippen LogP) is 4.21. The number of anilines is 1. The number of nitrogens with one attached hydrogen (secondary N) is 1. The van der Waals surface area contributed by atoms with E-state index < -0.39 is 0 Å². The van der Waals surface area contributed by atoms with Crippen molar-refractivity contribution in [3.05, 3.63) is 42.5 Å². The number of benzene rings is 2. The second-order valence-electron chi connectivity index (χ2n) is 6.15. The van der Waals surface area contributed by atoms with E-state index in [1.54, 1.807) is 0 Å². The Morgan fingerprint density at radius 3 is 2.45 bits per heavy atom. The maximum atomic E-state index is 12.5. The van der Waals surface area contributed by atoms with Crippen LogP contribution < -0.4 is 5.32 Å². The van der Waals surface area contributed by atoms with Gasteiger partial charge in [0.2, 0.25) is 5.91 Å². The van der Waals surface area contributed by atoms with Crippen LogP contribution in [0.15, 0.2) is 42.5 Å². The normalized spacial score (nSPS) is 27.9. The summed E-state index contributed by atoms with van der Waals surface area (Å²) in [6.45, 7) is 0. The van der Waals surface area contributed by atoms with Crippen LogP contribution in [0.5, 0.6) is 0 Å². The minimum absolute atomic E-state index is 0.234. The van der Waals surface area contributed by atoms with Gasteiger partial charge in [-0.2, -0.15) is 0 Å². The zero-order valence-electron chi connectivity index (χ0n) is 11.5. The quantitative estimate of drug-likeness (QED) is 0.865. The van der Waals surface area contributed by atoms with E-state index in [0.29, 0.717) is 11.8 Å². The third-order valence-electron chi connectivity index (χ3n) is 5.01. The fraction of sp³-hybridized carbons (Fsp3) is 0.389. The molecule has 1 N–H and O–H groups in total. The van der Waals surface area contributed by atoms with E-state index in [2.05, 4.69) is 23.5 Å². The molecule has 0 spiro atoms. The topological polar surface area (TPSA) is 29.1 Å². The summed E-state index contributed by atoms with van der Waals surface area (Å²) in [6, 6.07) is 14.3. The second-order valence-corrected chi connectivity index (χ2v) is 6.15. The van der Waals surface area contributed by atoms with Gasteiger partial charge in [0.1, 0.15) is 0 Å². The first-order valence-electron chi connectivity index (χ1n) is 7.63. The minimum atomic E-state index is 0.234. The van der Waals surface area contributed by atoms with Crippen molar-refractivity contribution in [2.45, 2.75) is 25.7 Å². The van der Waals surface area contributed by atoms with Crippen molar-refractivity contribution in [1.82, 2.24) is 0 Å². The fourth-order valence-corrected chi connectivity index (χ4v) is 3.93. The van der Waals surface area contributed by atoms with Gasteiger partial charge in [-0.15, -0.1) is 0 Å². The molecule has 0 bridgehead atoms. The molecule has 102 valence electrons. The lowest BCUT2D eigenvalue weighted by Gasteiger charge is -2.08. The summed E-state index contributed by atoms with van der Waals surface area (Å²) < 4.78 is 0. The highest BCUT2D eigenvalue weighted by atomic mass is 16.2. The van der Waals surface area contributed by atoms with Gasteiger partial charge in [0.25, 0.3) is 0 Å². The molecule has 0 unspecified atom stereocenters. The Morgan fingerprint density at radius 1 is 0.950 bits per heavy atom. The molecule has 2 nitrogen and oxygen atoms in total. The Morgan fingerprint density at radius 2 is 1.65 bits per heavy atom. The number of hydrogen-bond acceptors (Lipinski definition) is 1. The number of carbonyl (C=O) groups excluding carboxylic acids is 1. The van der Waals surface area contributed by atoms with Gasteiger partial charge in [0.05, 0.1) is 0 Å². The molecule has 0 heterocycles. The van der Waals surface area contributed by atoms with E-state index in [4.69, 9.17) is 0 Å². The van der Waals surface area contributed by atoms with Crippen molar-refractivity contribution >= 4 is 22.4 Å². The molecule has 2 atom stereocenters. The van der Waals surface area contributed by atoms with Crippen LogP contribution in [0, 0.1) is 17.8 Å². The zero-order chi connectivity index (χ0) is 13.5. The van der Waals surface area contributed by atoms with E-state index in [1.807, 2.05) is 24.3 Å². The van der Waals surface area contributed by atoms with Crippen LogP contribution in [-0.2, 0) is 4.79 Å². The molecule has 0 saturated heterocycles. The van der Waals surface area contributed by atoms with Gasteiger partial charge in [-0.25, -0.2) is 0 Å². The van der Waals surface area contributed by atoms with E-state index in [1.165, 1.54) is 31.1 Å². The number of amides is 1. The molecule has 20 heavy (non-hydrogen) atoms. The van der Waals surface area contributed by atoms with Gasteiger partial charge in [0, 0.05) is 17.0 Å². The summed E-state index contributed by atoms with van der Waals surface area (Å²) >= 11 is 0. The summed E-state index contributed by atoms with van der Waals surface area (Å²) in [6.07, 6.45) is 5.11. The third kappa shape index (κ3) is 1.91. The van der Waals surface area contributed by atoms with E-state index >= 15 is 0 Å². The molecule has 2 aromatic carbocycles. The van der Waals surface area contributed by atoms with Crippen LogP contribution in [0.2, 0.25) is 0 Å². The second kappa shape index (κ2) is 4.62. The third-order valence-corrected chi connectivity index (χ3v) is 5.01. The van der Waals surface area contributed by atoms with Crippen molar-refractivity contribution in [2.75, 3.05) is 5.32 Å². The zero-order valence-corrected chi connectivity index (χ0v) is 11.5. The summed E-state index contributed by atoms with van der Waals surface area (Å²) in [5.41, 5.74) is 0.955. The molecular formula is C18H19NO. The lowest BCUT2D eigenvalue weighted by atomic mass is 10.0. The number of rotatable bonds is 2. The standard InChI is InChI=1S/C18H19NO/c20-18(17-14-9-3-4-10-15(14)17)19-16-11-5-7-12-6-1-2-8-13(12)16/h1-2,5-8,11,14-15,17H,3-4,9-10H2,(H,19,20)/t14-,15-/m0/s1. The molecule has 0 aromatic heterocycles. The lowest BCUT2D eigenvalue weighted by molar-refractivity contribution is -0.117. The lowest BCUT2D eigenvalue weighted by Crippen LogP contribution is -2.15. The highest BCUT2D eigenvalue weighted by molar-refractivity contribution is 6.03. The smallest absolute Gasteiger partial charge is 0.228 e. The molecule has 2 aromatic rings. The first-order chi connectivity index (χ1) is 9.84. The Labute approximate surface area is 119 Å². The molecule has 2 aliphatic carbocycles.